The van der Waals surface area contributed by atoms with Crippen molar-refractivity contribution in [1.29, 1.82) is 0 Å². The first-order valence-electron chi connectivity index (χ1n) is 6.50. The maximum atomic E-state index is 5.50. The molecule has 0 radical (unpaired) electrons. The van der Waals surface area contributed by atoms with Crippen molar-refractivity contribution in [3.8, 4) is 11.5 Å². The van der Waals surface area contributed by atoms with Crippen LogP contribution < -0.4 is 0 Å². The summed E-state index contributed by atoms with van der Waals surface area (Å²) in [7, 11) is 0. The Morgan fingerprint density at radius 2 is 1.67 bits per heavy atom. The maximum absolute atomic E-state index is 5.50. The summed E-state index contributed by atoms with van der Waals surface area (Å²) in [6.07, 6.45) is 1.63. The van der Waals surface area contributed by atoms with E-state index in [4.69, 9.17) is 9.25 Å². The lowest BCUT2D eigenvalue weighted by molar-refractivity contribution is 0.112. The van der Waals surface area contributed by atoms with Gasteiger partial charge in [-0.1, -0.05) is 53.7 Å². The number of aromatic nitrogens is 2. The first-order chi connectivity index (χ1) is 10.4. The third-order valence-corrected chi connectivity index (χ3v) is 2.75. The van der Waals surface area contributed by atoms with Crippen LogP contribution in [0.5, 0.6) is 0 Å². The van der Waals surface area contributed by atoms with E-state index in [0.29, 0.717) is 11.8 Å². The SMILES string of the molecule is C(=NOCc1nnc(-c2ccccc2)o1)c1ccccc1. The Hall–Kier alpha value is -2.95. The number of rotatable bonds is 5. The van der Waals surface area contributed by atoms with E-state index in [-0.39, 0.29) is 6.61 Å². The van der Waals surface area contributed by atoms with Crippen LogP contribution >= 0.6 is 0 Å². The molecular formula is C16H13N3O2. The number of benzene rings is 2. The largest absolute Gasteiger partial charge is 0.417 e. The first-order valence-corrected chi connectivity index (χ1v) is 6.50. The second-order valence-corrected chi connectivity index (χ2v) is 4.29. The van der Waals surface area contributed by atoms with Crippen molar-refractivity contribution in [2.75, 3.05) is 0 Å². The third kappa shape index (κ3) is 3.54. The Morgan fingerprint density at radius 1 is 0.952 bits per heavy atom. The summed E-state index contributed by atoms with van der Waals surface area (Å²) in [5, 5.41) is 11.8. The second kappa shape index (κ2) is 6.47. The third-order valence-electron chi connectivity index (χ3n) is 2.75. The van der Waals surface area contributed by atoms with E-state index in [1.807, 2.05) is 60.7 Å². The minimum atomic E-state index is 0.142. The van der Waals surface area contributed by atoms with Gasteiger partial charge in [-0.05, 0) is 17.7 Å². The van der Waals surface area contributed by atoms with Crippen LogP contribution in [-0.2, 0) is 11.4 Å². The highest BCUT2D eigenvalue weighted by atomic mass is 16.6. The van der Waals surface area contributed by atoms with Gasteiger partial charge in [0, 0.05) is 5.56 Å². The zero-order valence-corrected chi connectivity index (χ0v) is 11.2. The number of hydrogen-bond donors (Lipinski definition) is 0. The van der Waals surface area contributed by atoms with Gasteiger partial charge in [-0.15, -0.1) is 10.2 Å². The van der Waals surface area contributed by atoms with Crippen LogP contribution in [0.1, 0.15) is 11.5 Å². The van der Waals surface area contributed by atoms with Gasteiger partial charge in [0.25, 0.3) is 5.89 Å². The van der Waals surface area contributed by atoms with Crippen molar-refractivity contribution in [3.05, 3.63) is 72.1 Å². The molecular weight excluding hydrogens is 266 g/mol. The van der Waals surface area contributed by atoms with E-state index < -0.39 is 0 Å². The van der Waals surface area contributed by atoms with Crippen molar-refractivity contribution < 1.29 is 9.25 Å². The molecule has 2 aromatic carbocycles. The van der Waals surface area contributed by atoms with Gasteiger partial charge >= 0.3 is 0 Å². The molecule has 21 heavy (non-hydrogen) atoms. The van der Waals surface area contributed by atoms with Crippen LogP contribution in [-0.4, -0.2) is 16.4 Å². The van der Waals surface area contributed by atoms with Gasteiger partial charge in [0.05, 0.1) is 6.21 Å². The van der Waals surface area contributed by atoms with Crippen molar-refractivity contribution in [2.45, 2.75) is 6.61 Å². The second-order valence-electron chi connectivity index (χ2n) is 4.29. The Morgan fingerprint density at radius 3 is 2.43 bits per heavy atom. The molecule has 1 heterocycles. The van der Waals surface area contributed by atoms with Gasteiger partial charge in [0.1, 0.15) is 0 Å². The topological polar surface area (TPSA) is 60.5 Å². The minimum absolute atomic E-state index is 0.142. The summed E-state index contributed by atoms with van der Waals surface area (Å²) >= 11 is 0. The fourth-order valence-corrected chi connectivity index (χ4v) is 1.74. The number of oxime groups is 1. The number of hydrogen-bond acceptors (Lipinski definition) is 5. The monoisotopic (exact) mass is 279 g/mol. The maximum Gasteiger partial charge on any atom is 0.257 e. The van der Waals surface area contributed by atoms with Gasteiger partial charge in [0.2, 0.25) is 5.89 Å². The lowest BCUT2D eigenvalue weighted by atomic mass is 10.2. The van der Waals surface area contributed by atoms with Crippen LogP contribution in [0, 0.1) is 0 Å². The summed E-state index contributed by atoms with van der Waals surface area (Å²) in [6, 6.07) is 19.3. The van der Waals surface area contributed by atoms with Crippen molar-refractivity contribution in [3.63, 3.8) is 0 Å². The number of nitrogens with zero attached hydrogens (tertiary/aromatic N) is 3. The molecule has 104 valence electrons. The molecule has 0 aliphatic rings. The Bertz CT molecular complexity index is 709. The average Bonchev–Trinajstić information content (AvgIpc) is 3.02. The van der Waals surface area contributed by atoms with Crippen LogP contribution in [0.25, 0.3) is 11.5 Å². The fraction of sp³-hybridized carbons (Fsp3) is 0.0625. The Kier molecular flexibility index (Phi) is 4.02. The standard InChI is InChI=1S/C16H13N3O2/c1-3-7-13(8-4-1)11-17-20-12-15-18-19-16(21-15)14-9-5-2-6-10-14/h1-11H,12H2. The molecule has 3 rings (SSSR count). The summed E-state index contributed by atoms with van der Waals surface area (Å²) in [4.78, 5) is 5.15. The van der Waals surface area contributed by atoms with Crippen LogP contribution in [0.2, 0.25) is 0 Å². The summed E-state index contributed by atoms with van der Waals surface area (Å²) in [5.41, 5.74) is 1.84. The van der Waals surface area contributed by atoms with Crippen molar-refractivity contribution in [2.24, 2.45) is 5.16 Å². The summed E-state index contributed by atoms with van der Waals surface area (Å²) in [6.45, 7) is 0.142. The molecule has 0 amide bonds. The van der Waals surface area contributed by atoms with E-state index in [9.17, 15) is 0 Å². The van der Waals surface area contributed by atoms with E-state index in [1.54, 1.807) is 6.21 Å². The van der Waals surface area contributed by atoms with Crippen molar-refractivity contribution in [1.82, 2.24) is 10.2 Å². The molecule has 5 nitrogen and oxygen atoms in total. The zero-order chi connectivity index (χ0) is 14.3. The lowest BCUT2D eigenvalue weighted by Crippen LogP contribution is -1.88. The highest BCUT2D eigenvalue weighted by Gasteiger charge is 2.07. The molecule has 0 fully saturated rings. The van der Waals surface area contributed by atoms with Gasteiger partial charge in [-0.25, -0.2) is 0 Å². The molecule has 0 spiro atoms. The minimum Gasteiger partial charge on any atom is -0.417 e. The van der Waals surface area contributed by atoms with E-state index in [2.05, 4.69) is 15.4 Å². The average molecular weight is 279 g/mol. The van der Waals surface area contributed by atoms with E-state index in [0.717, 1.165) is 11.1 Å². The molecule has 0 aliphatic carbocycles. The zero-order valence-electron chi connectivity index (χ0n) is 11.2. The Labute approximate surface area is 121 Å². The molecule has 0 bridgehead atoms. The molecule has 0 unspecified atom stereocenters. The normalized spacial score (nSPS) is 10.9. The van der Waals surface area contributed by atoms with E-state index >= 15 is 0 Å². The molecule has 0 N–H and O–H groups in total. The predicted octanol–water partition coefficient (Wildman–Crippen LogP) is 3.29. The quantitative estimate of drug-likeness (QED) is 0.531. The highest BCUT2D eigenvalue weighted by molar-refractivity contribution is 5.78. The van der Waals surface area contributed by atoms with Crippen LogP contribution in [0.15, 0.2) is 70.2 Å². The Balaban J connectivity index is 1.57. The summed E-state index contributed by atoms with van der Waals surface area (Å²) < 4.78 is 5.50. The molecule has 0 aliphatic heterocycles. The van der Waals surface area contributed by atoms with Gasteiger partial charge in [0.15, 0.2) is 6.61 Å². The molecule has 5 heteroatoms. The molecule has 1 aromatic heterocycles. The van der Waals surface area contributed by atoms with Gasteiger partial charge in [-0.3, -0.25) is 0 Å². The highest BCUT2D eigenvalue weighted by Crippen LogP contribution is 2.17. The van der Waals surface area contributed by atoms with Crippen LogP contribution in [0.3, 0.4) is 0 Å². The summed E-state index contributed by atoms with van der Waals surface area (Å²) in [5.74, 6) is 0.861. The van der Waals surface area contributed by atoms with E-state index in [1.165, 1.54) is 0 Å². The molecule has 3 aromatic rings. The van der Waals surface area contributed by atoms with Crippen LogP contribution in [0.4, 0.5) is 0 Å². The smallest absolute Gasteiger partial charge is 0.257 e. The molecule has 0 saturated carbocycles. The first kappa shape index (κ1) is 13.1. The lowest BCUT2D eigenvalue weighted by Gasteiger charge is -1.94. The predicted molar refractivity (Wildman–Crippen MR) is 78.6 cm³/mol. The van der Waals surface area contributed by atoms with Gasteiger partial charge < -0.3 is 9.25 Å². The molecule has 0 atom stereocenters. The fourth-order valence-electron chi connectivity index (χ4n) is 1.74. The van der Waals surface area contributed by atoms with Crippen molar-refractivity contribution >= 4 is 6.21 Å². The van der Waals surface area contributed by atoms with Gasteiger partial charge in [-0.2, -0.15) is 0 Å². The molecule has 0 saturated heterocycles.